The summed E-state index contributed by atoms with van der Waals surface area (Å²) in [5, 5.41) is 0.469. The summed E-state index contributed by atoms with van der Waals surface area (Å²) in [4.78, 5) is 30.1. The van der Waals surface area contributed by atoms with Crippen LogP contribution in [0.15, 0.2) is 18.2 Å². The molecule has 0 amide bonds. The van der Waals surface area contributed by atoms with Crippen molar-refractivity contribution in [2.24, 2.45) is 0 Å². The summed E-state index contributed by atoms with van der Waals surface area (Å²) < 4.78 is 14.0. The summed E-state index contributed by atoms with van der Waals surface area (Å²) in [6, 6.07) is 4.78. The van der Waals surface area contributed by atoms with Crippen molar-refractivity contribution in [2.75, 3.05) is 32.7 Å². The smallest absolute Gasteiger partial charge is 0.233 e. The van der Waals surface area contributed by atoms with Crippen molar-refractivity contribution < 1.29 is 23.8 Å². The van der Waals surface area contributed by atoms with Gasteiger partial charge in [0.2, 0.25) is 5.78 Å². The maximum Gasteiger partial charge on any atom is 0.233 e. The maximum atomic E-state index is 14.0. The lowest BCUT2D eigenvalue weighted by molar-refractivity contribution is -1.01. The summed E-state index contributed by atoms with van der Waals surface area (Å²) in [7, 11) is 0. The molecule has 7 heteroatoms. The van der Waals surface area contributed by atoms with Crippen molar-refractivity contribution in [2.45, 2.75) is 27.3 Å². The fourth-order valence-corrected chi connectivity index (χ4v) is 4.36. The molecule has 0 atom stereocenters. The summed E-state index contributed by atoms with van der Waals surface area (Å²) in [6.07, 6.45) is 0. The molecule has 3 N–H and O–H groups in total. The molecule has 2 heterocycles. The lowest BCUT2D eigenvalue weighted by Crippen LogP contribution is -3.27. The highest BCUT2D eigenvalue weighted by molar-refractivity contribution is 6.31. The Bertz CT molecular complexity index is 881. The van der Waals surface area contributed by atoms with Crippen LogP contribution in [0.1, 0.15) is 44.6 Å². The van der Waals surface area contributed by atoms with Crippen LogP contribution in [-0.2, 0) is 6.54 Å². The van der Waals surface area contributed by atoms with Crippen molar-refractivity contribution in [3.8, 4) is 0 Å². The Morgan fingerprint density at radius 2 is 1.79 bits per heavy atom. The Labute approximate surface area is 169 Å². The van der Waals surface area contributed by atoms with E-state index in [2.05, 4.69) is 4.98 Å². The van der Waals surface area contributed by atoms with Crippen molar-refractivity contribution in [3.05, 3.63) is 57.1 Å². The van der Waals surface area contributed by atoms with Crippen LogP contribution >= 0.6 is 11.6 Å². The Kier molecular flexibility index (Phi) is 6.33. The number of ketones is 2. The molecule has 1 aromatic heterocycles. The largest absolute Gasteiger partial charge is 0.355 e. The molecule has 150 valence electrons. The Morgan fingerprint density at radius 1 is 1.14 bits per heavy atom. The first-order valence-corrected chi connectivity index (χ1v) is 9.99. The van der Waals surface area contributed by atoms with Crippen LogP contribution in [0.25, 0.3) is 0 Å². The van der Waals surface area contributed by atoms with E-state index in [0.29, 0.717) is 34.9 Å². The standard InChI is InChI=1S/C21H25ClFN3O2/c1-13-20(15(3)27)14(2)24-21(13)19(28)12-26-9-7-25(8-10-26)11-16-17(22)5-4-6-18(16)23/h4-6,24H,7-12H2,1-3H3/p+2. The zero-order chi connectivity index (χ0) is 20.4. The fraction of sp³-hybridized carbons (Fsp3) is 0.429. The van der Waals surface area contributed by atoms with Crippen molar-refractivity contribution in [1.29, 1.82) is 0 Å². The Hall–Kier alpha value is -2.02. The molecule has 3 rings (SSSR count). The van der Waals surface area contributed by atoms with Gasteiger partial charge in [0.15, 0.2) is 5.78 Å². The SMILES string of the molecule is CC(=O)c1c(C)[nH]c(C(=O)C[NH+]2CC[NH+](Cc3c(F)cccc3Cl)CC2)c1C. The van der Waals surface area contributed by atoms with E-state index in [4.69, 9.17) is 11.6 Å². The Balaban J connectivity index is 1.58. The third-order valence-corrected chi connectivity index (χ3v) is 5.99. The number of aromatic nitrogens is 1. The predicted molar refractivity (Wildman–Crippen MR) is 106 cm³/mol. The average Bonchev–Trinajstić information content (AvgIpc) is 2.94. The van der Waals surface area contributed by atoms with Gasteiger partial charge in [-0.2, -0.15) is 0 Å². The lowest BCUT2D eigenvalue weighted by atomic mass is 10.1. The number of nitrogens with one attached hydrogen (secondary N) is 3. The zero-order valence-electron chi connectivity index (χ0n) is 16.5. The first-order valence-electron chi connectivity index (χ1n) is 9.61. The number of H-pyrrole nitrogens is 1. The zero-order valence-corrected chi connectivity index (χ0v) is 17.3. The summed E-state index contributed by atoms with van der Waals surface area (Å²) in [5.74, 6) is -0.255. The van der Waals surface area contributed by atoms with Gasteiger partial charge in [0.25, 0.3) is 0 Å². The number of quaternary nitrogens is 2. The average molecular weight is 408 g/mol. The highest BCUT2D eigenvalue weighted by atomic mass is 35.5. The van der Waals surface area contributed by atoms with Gasteiger partial charge in [-0.1, -0.05) is 17.7 Å². The molecule has 0 spiro atoms. The number of Topliss-reactive ketones (excluding diaryl/α,β-unsaturated/α-hetero) is 2. The molecule has 1 saturated heterocycles. The summed E-state index contributed by atoms with van der Waals surface area (Å²) in [5.41, 5.74) is 3.22. The van der Waals surface area contributed by atoms with E-state index in [1.165, 1.54) is 22.8 Å². The molecule has 0 aliphatic carbocycles. The number of aryl methyl sites for hydroxylation is 1. The van der Waals surface area contributed by atoms with E-state index in [-0.39, 0.29) is 17.4 Å². The normalized spacial score (nSPS) is 19.6. The van der Waals surface area contributed by atoms with Gasteiger partial charge < -0.3 is 14.8 Å². The molecule has 1 aliphatic heterocycles. The maximum absolute atomic E-state index is 14.0. The van der Waals surface area contributed by atoms with Crippen molar-refractivity contribution >= 4 is 23.2 Å². The molecule has 0 radical (unpaired) electrons. The second kappa shape index (κ2) is 8.55. The summed E-state index contributed by atoms with van der Waals surface area (Å²) in [6.45, 7) is 9.51. The number of benzene rings is 1. The van der Waals surface area contributed by atoms with E-state index in [1.54, 1.807) is 12.1 Å². The molecule has 28 heavy (non-hydrogen) atoms. The van der Waals surface area contributed by atoms with Gasteiger partial charge in [0.1, 0.15) is 45.1 Å². The summed E-state index contributed by atoms with van der Waals surface area (Å²) >= 11 is 6.14. The topological polar surface area (TPSA) is 58.8 Å². The van der Waals surface area contributed by atoms with Crippen LogP contribution in [0, 0.1) is 19.7 Å². The Morgan fingerprint density at radius 3 is 2.36 bits per heavy atom. The highest BCUT2D eigenvalue weighted by Crippen LogP contribution is 2.19. The van der Waals surface area contributed by atoms with E-state index in [1.807, 2.05) is 13.8 Å². The highest BCUT2D eigenvalue weighted by Gasteiger charge is 2.28. The minimum Gasteiger partial charge on any atom is -0.355 e. The lowest BCUT2D eigenvalue weighted by Gasteiger charge is -2.29. The number of rotatable bonds is 6. The molecule has 0 saturated carbocycles. The first-order chi connectivity index (χ1) is 13.3. The molecule has 0 unspecified atom stereocenters. The van der Waals surface area contributed by atoms with Gasteiger partial charge >= 0.3 is 0 Å². The van der Waals surface area contributed by atoms with Crippen LogP contribution in [0.5, 0.6) is 0 Å². The van der Waals surface area contributed by atoms with Gasteiger partial charge in [-0.25, -0.2) is 4.39 Å². The van der Waals surface area contributed by atoms with Crippen molar-refractivity contribution in [1.82, 2.24) is 4.98 Å². The van der Waals surface area contributed by atoms with Crippen molar-refractivity contribution in [3.63, 3.8) is 0 Å². The number of aromatic amines is 1. The van der Waals surface area contributed by atoms with Crippen LogP contribution in [0.2, 0.25) is 5.02 Å². The number of carbonyl (C=O) groups excluding carboxylic acids is 2. The van der Waals surface area contributed by atoms with Crippen LogP contribution in [0.3, 0.4) is 0 Å². The minimum absolute atomic E-state index is 0.0262. The molecular weight excluding hydrogens is 381 g/mol. The molecule has 1 fully saturated rings. The fourth-order valence-electron chi connectivity index (χ4n) is 4.13. The van der Waals surface area contributed by atoms with Crippen LogP contribution in [0.4, 0.5) is 4.39 Å². The van der Waals surface area contributed by atoms with Gasteiger partial charge in [0, 0.05) is 11.3 Å². The third kappa shape index (κ3) is 4.35. The first kappa shape index (κ1) is 20.7. The molecule has 5 nitrogen and oxygen atoms in total. The van der Waals surface area contributed by atoms with E-state index >= 15 is 0 Å². The quantitative estimate of drug-likeness (QED) is 0.620. The molecule has 1 aromatic carbocycles. The number of piperazine rings is 1. The molecule has 2 aromatic rings. The number of hydrogen-bond donors (Lipinski definition) is 3. The van der Waals surface area contributed by atoms with Gasteiger partial charge in [-0.3, -0.25) is 9.59 Å². The molecule has 1 aliphatic rings. The van der Waals surface area contributed by atoms with Gasteiger partial charge in [0.05, 0.1) is 16.3 Å². The van der Waals surface area contributed by atoms with E-state index in [9.17, 15) is 14.0 Å². The third-order valence-electron chi connectivity index (χ3n) is 5.63. The molecular formula is C21H27ClFN3O2+2. The van der Waals surface area contributed by atoms with E-state index < -0.39 is 0 Å². The second-order valence-corrected chi connectivity index (χ2v) is 8.07. The van der Waals surface area contributed by atoms with E-state index in [0.717, 1.165) is 37.4 Å². The second-order valence-electron chi connectivity index (χ2n) is 7.66. The van der Waals surface area contributed by atoms with Crippen LogP contribution < -0.4 is 9.80 Å². The predicted octanol–water partition coefficient (Wildman–Crippen LogP) is 0.793. The number of carbonyl (C=O) groups is 2. The monoisotopic (exact) mass is 407 g/mol. The van der Waals surface area contributed by atoms with Crippen LogP contribution in [-0.4, -0.2) is 49.3 Å². The molecule has 0 bridgehead atoms. The van der Waals surface area contributed by atoms with Gasteiger partial charge in [-0.05, 0) is 38.5 Å². The number of hydrogen-bond acceptors (Lipinski definition) is 2. The minimum atomic E-state index is -0.260. The van der Waals surface area contributed by atoms with Gasteiger partial charge in [-0.15, -0.1) is 0 Å². The number of halogens is 2.